The first kappa shape index (κ1) is 17.9. The maximum Gasteiger partial charge on any atom is 0.261 e. The smallest absolute Gasteiger partial charge is 0.261 e. The van der Waals surface area contributed by atoms with Gasteiger partial charge in [-0.15, -0.1) is 0 Å². The molecule has 10 heteroatoms. The molecule has 0 aliphatic rings. The lowest BCUT2D eigenvalue weighted by Crippen LogP contribution is -2.14. The molecule has 124 valence electrons. The summed E-state index contributed by atoms with van der Waals surface area (Å²) in [7, 11) is -7.38. The summed E-state index contributed by atoms with van der Waals surface area (Å²) in [5, 5.41) is 0.371. The summed E-state index contributed by atoms with van der Waals surface area (Å²) in [6.07, 6.45) is 0.998. The van der Waals surface area contributed by atoms with Crippen LogP contribution in [-0.2, 0) is 20.0 Å². The van der Waals surface area contributed by atoms with Gasteiger partial charge in [-0.2, -0.15) is 0 Å². The Morgan fingerprint density at radius 3 is 1.87 bits per heavy atom. The van der Waals surface area contributed by atoms with E-state index in [4.69, 9.17) is 23.2 Å². The van der Waals surface area contributed by atoms with E-state index in [9.17, 15) is 16.8 Å². The van der Waals surface area contributed by atoms with Crippen LogP contribution in [0.15, 0.2) is 47.4 Å². The lowest BCUT2D eigenvalue weighted by atomic mass is 10.3. The molecule has 2 aromatic carbocycles. The molecule has 23 heavy (non-hydrogen) atoms. The Bertz CT molecular complexity index is 924. The van der Waals surface area contributed by atoms with Crippen LogP contribution in [0.1, 0.15) is 0 Å². The van der Waals surface area contributed by atoms with Gasteiger partial charge in [-0.1, -0.05) is 29.3 Å². The molecule has 0 atom stereocenters. The molecule has 0 aromatic heterocycles. The van der Waals surface area contributed by atoms with Gasteiger partial charge in [-0.05, 0) is 36.4 Å². The maximum absolute atomic E-state index is 12.3. The molecular weight excluding hydrogens is 383 g/mol. The van der Waals surface area contributed by atoms with Crippen LogP contribution in [-0.4, -0.2) is 23.1 Å². The van der Waals surface area contributed by atoms with Crippen molar-refractivity contribution in [3.8, 4) is 0 Å². The van der Waals surface area contributed by atoms with Crippen LogP contribution >= 0.6 is 23.2 Å². The molecule has 0 fully saturated rings. The van der Waals surface area contributed by atoms with Gasteiger partial charge in [-0.25, -0.2) is 16.8 Å². The van der Waals surface area contributed by atoms with Crippen LogP contribution in [0.5, 0.6) is 0 Å². The van der Waals surface area contributed by atoms with E-state index in [1.165, 1.54) is 42.5 Å². The van der Waals surface area contributed by atoms with E-state index in [1.54, 1.807) is 0 Å². The van der Waals surface area contributed by atoms with Crippen molar-refractivity contribution in [1.29, 1.82) is 0 Å². The summed E-state index contributed by atoms with van der Waals surface area (Å²) >= 11 is 11.6. The van der Waals surface area contributed by atoms with Crippen molar-refractivity contribution in [2.75, 3.05) is 15.7 Å². The zero-order valence-corrected chi connectivity index (χ0v) is 14.9. The Kier molecular flexibility index (Phi) is 5.10. The van der Waals surface area contributed by atoms with Gasteiger partial charge >= 0.3 is 0 Å². The fraction of sp³-hybridized carbons (Fsp3) is 0.0769. The predicted molar refractivity (Wildman–Crippen MR) is 92.2 cm³/mol. The highest BCUT2D eigenvalue weighted by Crippen LogP contribution is 2.25. The van der Waals surface area contributed by atoms with Crippen LogP contribution in [0.2, 0.25) is 10.0 Å². The number of halogens is 2. The van der Waals surface area contributed by atoms with Crippen molar-refractivity contribution in [3.05, 3.63) is 52.5 Å². The molecule has 0 spiro atoms. The third-order valence-corrected chi connectivity index (χ3v) is 4.97. The van der Waals surface area contributed by atoms with Crippen molar-refractivity contribution in [1.82, 2.24) is 0 Å². The number of rotatable bonds is 5. The number of hydrogen-bond acceptors (Lipinski definition) is 4. The van der Waals surface area contributed by atoms with E-state index >= 15 is 0 Å². The minimum Gasteiger partial charge on any atom is -0.284 e. The van der Waals surface area contributed by atoms with Crippen molar-refractivity contribution < 1.29 is 16.8 Å². The molecule has 0 saturated carbocycles. The van der Waals surface area contributed by atoms with Gasteiger partial charge in [0.25, 0.3) is 10.0 Å². The van der Waals surface area contributed by atoms with Gasteiger partial charge in [0.2, 0.25) is 10.0 Å². The normalized spacial score (nSPS) is 12.0. The van der Waals surface area contributed by atoms with Crippen LogP contribution in [0, 0.1) is 0 Å². The molecule has 2 rings (SSSR count). The highest BCUT2D eigenvalue weighted by atomic mass is 35.5. The lowest BCUT2D eigenvalue weighted by Gasteiger charge is -2.10. The Balaban J connectivity index is 2.32. The first-order valence-electron chi connectivity index (χ1n) is 6.12. The number of hydrogen-bond donors (Lipinski definition) is 2. The molecule has 0 bridgehead atoms. The summed E-state index contributed by atoms with van der Waals surface area (Å²) in [6.45, 7) is 0. The Morgan fingerprint density at radius 2 is 1.35 bits per heavy atom. The Hall–Kier alpha value is -1.48. The van der Waals surface area contributed by atoms with Gasteiger partial charge < -0.3 is 0 Å². The fourth-order valence-electron chi connectivity index (χ4n) is 1.76. The van der Waals surface area contributed by atoms with Crippen molar-refractivity contribution in [2.45, 2.75) is 4.90 Å². The zero-order chi connectivity index (χ0) is 17.3. The average Bonchev–Trinajstić information content (AvgIpc) is 2.35. The minimum atomic E-state index is -3.91. The SMILES string of the molecule is CS(=O)(=O)Nc1cccc(NS(=O)(=O)c2cc(Cl)cc(Cl)c2)c1. The lowest BCUT2D eigenvalue weighted by molar-refractivity contribution is 0.601. The highest BCUT2D eigenvalue weighted by Gasteiger charge is 2.16. The third kappa shape index (κ3) is 5.28. The molecule has 0 saturated heterocycles. The standard InChI is InChI=1S/C13H12Cl2N2O4S2/c1-22(18,19)16-11-3-2-4-12(8-11)17-23(20,21)13-6-9(14)5-10(15)7-13/h2-8,16-17H,1H3. The minimum absolute atomic E-state index is 0.100. The maximum atomic E-state index is 12.3. The number of benzene rings is 2. The second-order valence-electron chi connectivity index (χ2n) is 4.67. The van der Waals surface area contributed by atoms with E-state index in [1.807, 2.05) is 0 Å². The second kappa shape index (κ2) is 6.56. The third-order valence-electron chi connectivity index (χ3n) is 2.56. The van der Waals surface area contributed by atoms with Crippen LogP contribution in [0.3, 0.4) is 0 Å². The predicted octanol–water partition coefficient (Wildman–Crippen LogP) is 3.17. The first-order valence-corrected chi connectivity index (χ1v) is 10.2. The van der Waals surface area contributed by atoms with E-state index < -0.39 is 20.0 Å². The van der Waals surface area contributed by atoms with E-state index in [-0.39, 0.29) is 26.3 Å². The van der Waals surface area contributed by atoms with E-state index in [2.05, 4.69) is 9.44 Å². The van der Waals surface area contributed by atoms with Gasteiger partial charge in [-0.3, -0.25) is 9.44 Å². The molecule has 0 heterocycles. The average molecular weight is 395 g/mol. The van der Waals surface area contributed by atoms with E-state index in [0.29, 0.717) is 0 Å². The first-order chi connectivity index (χ1) is 10.5. The summed E-state index contributed by atoms with van der Waals surface area (Å²) < 4.78 is 51.7. The van der Waals surface area contributed by atoms with Crippen molar-refractivity contribution in [2.24, 2.45) is 0 Å². The molecular formula is C13H12Cl2N2O4S2. The summed E-state index contributed by atoms with van der Waals surface area (Å²) in [5.74, 6) is 0. The van der Waals surface area contributed by atoms with Crippen LogP contribution in [0.4, 0.5) is 11.4 Å². The van der Waals surface area contributed by atoms with Crippen LogP contribution in [0.25, 0.3) is 0 Å². The quantitative estimate of drug-likeness (QED) is 0.814. The van der Waals surface area contributed by atoms with Gasteiger partial charge in [0.1, 0.15) is 0 Å². The molecule has 0 aliphatic heterocycles. The molecule has 0 radical (unpaired) electrons. The van der Waals surface area contributed by atoms with Gasteiger partial charge in [0.05, 0.1) is 22.5 Å². The van der Waals surface area contributed by atoms with Gasteiger partial charge in [0, 0.05) is 10.0 Å². The van der Waals surface area contributed by atoms with Crippen molar-refractivity contribution >= 4 is 54.6 Å². The largest absolute Gasteiger partial charge is 0.284 e. The summed E-state index contributed by atoms with van der Waals surface area (Å²) in [6, 6.07) is 9.77. The molecule has 0 amide bonds. The van der Waals surface area contributed by atoms with Gasteiger partial charge in [0.15, 0.2) is 0 Å². The number of anilines is 2. The Labute approximate surface area is 144 Å². The second-order valence-corrected chi connectivity index (χ2v) is 8.97. The number of nitrogens with one attached hydrogen (secondary N) is 2. The molecule has 6 nitrogen and oxygen atoms in total. The number of sulfonamides is 2. The zero-order valence-electron chi connectivity index (χ0n) is 11.7. The monoisotopic (exact) mass is 394 g/mol. The van der Waals surface area contributed by atoms with E-state index in [0.717, 1.165) is 6.26 Å². The van der Waals surface area contributed by atoms with Crippen LogP contribution < -0.4 is 9.44 Å². The summed E-state index contributed by atoms with van der Waals surface area (Å²) in [5.41, 5.74) is 0.423. The topological polar surface area (TPSA) is 92.3 Å². The molecule has 0 aliphatic carbocycles. The molecule has 2 aromatic rings. The molecule has 2 N–H and O–H groups in total. The van der Waals surface area contributed by atoms with Crippen molar-refractivity contribution in [3.63, 3.8) is 0 Å². The molecule has 0 unspecified atom stereocenters. The Morgan fingerprint density at radius 1 is 0.826 bits per heavy atom. The highest BCUT2D eigenvalue weighted by molar-refractivity contribution is 7.92. The summed E-state index contributed by atoms with van der Waals surface area (Å²) in [4.78, 5) is -0.100. The fourth-order valence-corrected chi connectivity index (χ4v) is 4.09.